The zero-order chi connectivity index (χ0) is 15.6. The van der Waals surface area contributed by atoms with Gasteiger partial charge in [-0.25, -0.2) is 9.78 Å². The number of nitrogens with zero attached hydrogens (tertiary/aromatic N) is 1. The highest BCUT2D eigenvalue weighted by atomic mass is 19.3. The molecule has 0 saturated carbocycles. The van der Waals surface area contributed by atoms with Crippen LogP contribution in [0.3, 0.4) is 0 Å². The molecular formula is C14H13F2NO4. The van der Waals surface area contributed by atoms with Gasteiger partial charge in [0.15, 0.2) is 0 Å². The fourth-order valence-electron chi connectivity index (χ4n) is 1.83. The van der Waals surface area contributed by atoms with Crippen LogP contribution in [0.15, 0.2) is 28.7 Å². The van der Waals surface area contributed by atoms with E-state index in [-0.39, 0.29) is 34.6 Å². The summed E-state index contributed by atoms with van der Waals surface area (Å²) in [6.07, 6.45) is 0. The molecule has 112 valence electrons. The van der Waals surface area contributed by atoms with Crippen molar-refractivity contribution in [2.75, 3.05) is 0 Å². The first-order valence-electron chi connectivity index (χ1n) is 6.18. The summed E-state index contributed by atoms with van der Waals surface area (Å²) >= 11 is 0. The number of para-hydroxylation sites is 1. The van der Waals surface area contributed by atoms with Crippen molar-refractivity contribution in [1.29, 1.82) is 0 Å². The number of rotatable bonds is 5. The van der Waals surface area contributed by atoms with E-state index in [1.165, 1.54) is 18.2 Å². The van der Waals surface area contributed by atoms with Crippen LogP contribution in [0.2, 0.25) is 0 Å². The summed E-state index contributed by atoms with van der Waals surface area (Å²) in [6, 6.07) is 5.92. The van der Waals surface area contributed by atoms with Crippen LogP contribution in [0.4, 0.5) is 8.78 Å². The number of benzene rings is 1. The number of hydrogen-bond acceptors (Lipinski definition) is 4. The number of carboxylic acids is 1. The zero-order valence-corrected chi connectivity index (χ0v) is 11.3. The second kappa shape index (κ2) is 5.90. The molecule has 0 atom stereocenters. The van der Waals surface area contributed by atoms with Crippen LogP contribution in [0.25, 0.3) is 11.5 Å². The maximum absolute atomic E-state index is 12.4. The normalized spacial score (nSPS) is 11.1. The Balaban J connectivity index is 2.52. The minimum atomic E-state index is -3.00. The van der Waals surface area contributed by atoms with Crippen LogP contribution < -0.4 is 4.74 Å². The number of alkyl halides is 2. The number of halogens is 2. The Morgan fingerprint density at radius 1 is 1.33 bits per heavy atom. The Morgan fingerprint density at radius 2 is 2.00 bits per heavy atom. The molecule has 0 aliphatic heterocycles. The lowest BCUT2D eigenvalue weighted by atomic mass is 10.1. The first kappa shape index (κ1) is 15.0. The zero-order valence-electron chi connectivity index (χ0n) is 11.3. The van der Waals surface area contributed by atoms with Gasteiger partial charge < -0.3 is 14.3 Å². The number of carbonyl (C=O) groups is 1. The summed E-state index contributed by atoms with van der Waals surface area (Å²) in [5.74, 6) is -1.93. The van der Waals surface area contributed by atoms with Crippen molar-refractivity contribution >= 4 is 5.97 Å². The Labute approximate surface area is 119 Å². The molecule has 0 aliphatic rings. The van der Waals surface area contributed by atoms with Crippen molar-refractivity contribution in [2.45, 2.75) is 26.4 Å². The fourth-order valence-corrected chi connectivity index (χ4v) is 1.83. The predicted octanol–water partition coefficient (Wildman–Crippen LogP) is 3.76. The van der Waals surface area contributed by atoms with E-state index in [9.17, 15) is 13.6 Å². The average molecular weight is 297 g/mol. The van der Waals surface area contributed by atoms with Crippen LogP contribution in [0.5, 0.6) is 5.75 Å². The van der Waals surface area contributed by atoms with Crippen LogP contribution in [-0.2, 0) is 0 Å². The van der Waals surface area contributed by atoms with E-state index in [0.717, 1.165) is 0 Å². The molecule has 0 unspecified atom stereocenters. The van der Waals surface area contributed by atoms with Gasteiger partial charge in [-0.15, -0.1) is 0 Å². The number of hydrogen-bond donors (Lipinski definition) is 1. The molecule has 1 N–H and O–H groups in total. The molecule has 0 fully saturated rings. The number of oxazole rings is 1. The lowest BCUT2D eigenvalue weighted by Crippen LogP contribution is -2.03. The summed E-state index contributed by atoms with van der Waals surface area (Å²) in [5, 5.41) is 9.10. The average Bonchev–Trinajstić information content (AvgIpc) is 2.84. The first-order valence-corrected chi connectivity index (χ1v) is 6.18. The maximum Gasteiger partial charge on any atom is 0.387 e. The summed E-state index contributed by atoms with van der Waals surface area (Å²) in [7, 11) is 0. The van der Waals surface area contributed by atoms with E-state index in [0.29, 0.717) is 0 Å². The van der Waals surface area contributed by atoms with Gasteiger partial charge in [0, 0.05) is 0 Å². The standard InChI is InChI=1S/C14H13F2NO4/c1-7(2)10-11(13(18)19)21-12(17-10)8-5-3-4-6-9(8)20-14(15)16/h3-7,14H,1-2H3,(H,18,19). The number of ether oxygens (including phenoxy) is 1. The third-order valence-electron chi connectivity index (χ3n) is 2.73. The van der Waals surface area contributed by atoms with Crippen LogP contribution in [0, 0.1) is 0 Å². The van der Waals surface area contributed by atoms with Gasteiger partial charge in [0.1, 0.15) is 5.75 Å². The lowest BCUT2D eigenvalue weighted by molar-refractivity contribution is -0.0495. The molecule has 1 aromatic carbocycles. The van der Waals surface area contributed by atoms with Gasteiger partial charge in [0.2, 0.25) is 11.7 Å². The van der Waals surface area contributed by atoms with Gasteiger partial charge in [-0.3, -0.25) is 0 Å². The van der Waals surface area contributed by atoms with E-state index in [1.54, 1.807) is 19.9 Å². The van der Waals surface area contributed by atoms with Crippen molar-refractivity contribution < 1.29 is 27.8 Å². The summed E-state index contributed by atoms with van der Waals surface area (Å²) in [4.78, 5) is 15.2. The maximum atomic E-state index is 12.4. The Bertz CT molecular complexity index is 652. The lowest BCUT2D eigenvalue weighted by Gasteiger charge is -2.07. The molecule has 0 saturated heterocycles. The van der Waals surface area contributed by atoms with Gasteiger partial charge in [-0.05, 0) is 18.1 Å². The van der Waals surface area contributed by atoms with Gasteiger partial charge in [-0.2, -0.15) is 8.78 Å². The molecule has 7 heteroatoms. The molecule has 0 amide bonds. The molecule has 21 heavy (non-hydrogen) atoms. The van der Waals surface area contributed by atoms with E-state index in [2.05, 4.69) is 9.72 Å². The largest absolute Gasteiger partial charge is 0.475 e. The predicted molar refractivity (Wildman–Crippen MR) is 69.6 cm³/mol. The smallest absolute Gasteiger partial charge is 0.387 e. The molecule has 0 spiro atoms. The summed E-state index contributed by atoms with van der Waals surface area (Å²) in [6.45, 7) is 0.523. The quantitative estimate of drug-likeness (QED) is 0.909. The van der Waals surface area contributed by atoms with Crippen molar-refractivity contribution in [2.24, 2.45) is 0 Å². The highest BCUT2D eigenvalue weighted by Gasteiger charge is 2.24. The molecule has 1 heterocycles. The van der Waals surface area contributed by atoms with Crippen molar-refractivity contribution in [1.82, 2.24) is 4.98 Å². The van der Waals surface area contributed by atoms with Crippen LogP contribution >= 0.6 is 0 Å². The van der Waals surface area contributed by atoms with Crippen molar-refractivity contribution in [3.8, 4) is 17.2 Å². The Hall–Kier alpha value is -2.44. The van der Waals surface area contributed by atoms with E-state index in [1.807, 2.05) is 0 Å². The Kier molecular flexibility index (Phi) is 4.21. The SMILES string of the molecule is CC(C)c1nc(-c2ccccc2OC(F)F)oc1C(=O)O. The van der Waals surface area contributed by atoms with Gasteiger partial charge >= 0.3 is 12.6 Å². The minimum Gasteiger partial charge on any atom is -0.475 e. The molecular weight excluding hydrogens is 284 g/mol. The topological polar surface area (TPSA) is 72.6 Å². The van der Waals surface area contributed by atoms with Crippen LogP contribution in [-0.4, -0.2) is 22.7 Å². The third kappa shape index (κ3) is 3.18. The second-order valence-electron chi connectivity index (χ2n) is 4.57. The van der Waals surface area contributed by atoms with Gasteiger partial charge in [0.25, 0.3) is 0 Å². The van der Waals surface area contributed by atoms with Gasteiger partial charge in [-0.1, -0.05) is 26.0 Å². The molecule has 0 bridgehead atoms. The fraction of sp³-hybridized carbons (Fsp3) is 0.286. The monoisotopic (exact) mass is 297 g/mol. The second-order valence-corrected chi connectivity index (χ2v) is 4.57. The first-order chi connectivity index (χ1) is 9.90. The molecule has 5 nitrogen and oxygen atoms in total. The molecule has 1 aromatic heterocycles. The molecule has 0 radical (unpaired) electrons. The molecule has 0 aliphatic carbocycles. The van der Waals surface area contributed by atoms with E-state index < -0.39 is 12.6 Å². The highest BCUT2D eigenvalue weighted by Crippen LogP contribution is 2.33. The van der Waals surface area contributed by atoms with Crippen LogP contribution in [0.1, 0.15) is 36.0 Å². The minimum absolute atomic E-state index is 0.0626. The number of carboxylic acid groups (broad SMARTS) is 1. The van der Waals surface area contributed by atoms with E-state index >= 15 is 0 Å². The summed E-state index contributed by atoms with van der Waals surface area (Å²) < 4.78 is 34.4. The summed E-state index contributed by atoms with van der Waals surface area (Å²) in [5.41, 5.74) is 0.427. The third-order valence-corrected chi connectivity index (χ3v) is 2.73. The number of aromatic nitrogens is 1. The van der Waals surface area contributed by atoms with Crippen molar-refractivity contribution in [3.05, 3.63) is 35.7 Å². The molecule has 2 aromatic rings. The molecule has 2 rings (SSSR count). The highest BCUT2D eigenvalue weighted by molar-refractivity contribution is 5.86. The van der Waals surface area contributed by atoms with Gasteiger partial charge in [0.05, 0.1) is 11.3 Å². The van der Waals surface area contributed by atoms with E-state index in [4.69, 9.17) is 9.52 Å². The Morgan fingerprint density at radius 3 is 2.52 bits per heavy atom. The van der Waals surface area contributed by atoms with Crippen molar-refractivity contribution in [3.63, 3.8) is 0 Å². The number of aromatic carboxylic acids is 1.